The lowest BCUT2D eigenvalue weighted by atomic mass is 9.63. The van der Waals surface area contributed by atoms with Crippen LogP contribution in [0.4, 0.5) is 30.6 Å². The zero-order valence-corrected chi connectivity index (χ0v) is 66.4. The Morgan fingerprint density at radius 1 is 0.442 bits per heavy atom. The van der Waals surface area contributed by atoms with Gasteiger partial charge in [-0.2, -0.15) is 43.1 Å². The number of aromatic nitrogens is 6. The van der Waals surface area contributed by atoms with Gasteiger partial charge < -0.3 is 67.5 Å². The molecule has 3 unspecified atom stereocenters. The molecule has 23 heteroatoms. The van der Waals surface area contributed by atoms with Gasteiger partial charge in [-0.1, -0.05) is 97.4 Å². The normalized spacial score (nSPS) is 24.4. The zero-order chi connectivity index (χ0) is 77.7. The Balaban J connectivity index is 0.000000128. The second kappa shape index (κ2) is 34.7. The molecular formula is C90H109F3N14O6. The van der Waals surface area contributed by atoms with Gasteiger partial charge in [-0.15, -0.1) is 0 Å². The summed E-state index contributed by atoms with van der Waals surface area (Å²) in [5, 5.41) is 5.09. The van der Waals surface area contributed by atoms with Crippen LogP contribution in [0, 0.1) is 44.2 Å². The first-order valence-corrected chi connectivity index (χ1v) is 41.6. The quantitative estimate of drug-likeness (QED) is 0.0791. The molecule has 596 valence electrons. The first kappa shape index (κ1) is 78.1. The first-order valence-electron chi connectivity index (χ1n) is 41.6. The Morgan fingerprint density at radius 3 is 1.20 bits per heavy atom. The average molecular weight is 1540 g/mol. The molecule has 1 aliphatic carbocycles. The molecule has 3 aromatic heterocycles. The molecule has 8 aromatic rings. The number of ether oxygens (including phenoxy) is 6. The van der Waals surface area contributed by atoms with Crippen LogP contribution in [-0.4, -0.2) is 176 Å². The molecule has 1 saturated carbocycles. The standard InChI is InChI=1S/C32H40N4O2.C31H37N5O2.C27H32F3N5O2/c1-22-7-3-8-23-9-4-11-25(29(22)23)28-19-27-26(21-37-28)30(36-17-14-32(15-18-36)12-6-13-32)34-31(33-27)38-20-24-10-5-16-35(24)2;1-21-8-4-10-23-11-5-13-25(29(21)23)28-16-27-26(20-37-28)30(36-15-6-9-22(18-36)17-32-2)34-31(33-27)38-19-24-12-7-14-35(24)3;1-31-14-18-7-5-12-35(15-18)25-21-17-36-24(20-9-3-4-10-22(20)27(28,29)30)13-23(21)32-26(33-25)37-16-19-8-6-11-34(19)2/h3-4,7-9,11,24,28H,5-6,10,12-21H2,1-2H3;4-5,8,10-11,13,22,24,28H,6-7,9,12,14-20H2,1,3H3;3-4,9-10,18-19,24H,5-8,11-17H2,2H3/t24-,28?;22-,24+,28?;18-,19+,24?/m000/s1. The molecular weight excluding hydrogens is 1430 g/mol. The Labute approximate surface area is 663 Å². The van der Waals surface area contributed by atoms with Gasteiger partial charge in [0.1, 0.15) is 37.3 Å². The fraction of sp³-hybridized carbons (Fsp3) is 0.556. The third kappa shape index (κ3) is 17.4. The third-order valence-corrected chi connectivity index (χ3v) is 26.3. The molecule has 6 saturated heterocycles. The van der Waals surface area contributed by atoms with Gasteiger partial charge >= 0.3 is 24.2 Å². The van der Waals surface area contributed by atoms with Crippen molar-refractivity contribution in [1.29, 1.82) is 0 Å². The van der Waals surface area contributed by atoms with Crippen molar-refractivity contribution < 1.29 is 41.6 Å². The van der Waals surface area contributed by atoms with Crippen LogP contribution in [0.2, 0.25) is 0 Å². The molecule has 9 aliphatic heterocycles. The number of fused-ring (bicyclic) bond motifs is 5. The van der Waals surface area contributed by atoms with E-state index in [1.54, 1.807) is 6.07 Å². The maximum atomic E-state index is 13.7. The van der Waals surface area contributed by atoms with Gasteiger partial charge in [-0.25, -0.2) is 13.1 Å². The van der Waals surface area contributed by atoms with Crippen LogP contribution in [0.1, 0.15) is 182 Å². The van der Waals surface area contributed by atoms with Gasteiger partial charge in [0.05, 0.1) is 60.8 Å². The van der Waals surface area contributed by atoms with Crippen LogP contribution < -0.4 is 28.9 Å². The molecule has 18 rings (SSSR count). The number of nitrogens with zero attached hydrogens (tertiary/aromatic N) is 14. The molecule has 1 spiro atoms. The SMILES string of the molecule is Cc1cccc2cccc(C3Cc4nc(OC[C@@H]5CCCN5C)nc(N5CCC6(CCC6)CC5)c4CO3)c12.[C-]#[N+]C[C@@H]1CCCN(c2nc(OC[C@H]3CCCN3C)nc3c2COC(c2cccc4cccc(C)c24)C3)C1.[C-]#[N+]C[C@@H]1CCCN(c2nc(OC[C@H]3CCCN3C)nc3c2COC(c2ccccc2C(F)(F)F)C3)C1. The van der Waals surface area contributed by atoms with E-state index in [0.29, 0.717) is 100 Å². The van der Waals surface area contributed by atoms with E-state index in [2.05, 4.69) is 152 Å². The van der Waals surface area contributed by atoms with E-state index in [0.717, 1.165) is 155 Å². The lowest BCUT2D eigenvalue weighted by molar-refractivity contribution is -0.139. The first-order chi connectivity index (χ1) is 55.0. The summed E-state index contributed by atoms with van der Waals surface area (Å²) in [4.78, 5) is 50.8. The molecule has 12 heterocycles. The summed E-state index contributed by atoms with van der Waals surface area (Å²) in [5.41, 5.74) is 10.9. The lowest BCUT2D eigenvalue weighted by Crippen LogP contribution is -2.44. The second-order valence-electron chi connectivity index (χ2n) is 33.6. The highest BCUT2D eigenvalue weighted by atomic mass is 19.4. The maximum Gasteiger partial charge on any atom is 0.416 e. The van der Waals surface area contributed by atoms with Crippen LogP contribution in [0.15, 0.2) is 97.1 Å². The van der Waals surface area contributed by atoms with Gasteiger partial charge in [0, 0.05) is 105 Å². The van der Waals surface area contributed by atoms with E-state index in [-0.39, 0.29) is 48.8 Å². The van der Waals surface area contributed by atoms with E-state index in [1.807, 2.05) is 0 Å². The van der Waals surface area contributed by atoms with Crippen LogP contribution in [0.3, 0.4) is 0 Å². The van der Waals surface area contributed by atoms with Crippen molar-refractivity contribution in [2.24, 2.45) is 17.3 Å². The minimum atomic E-state index is -4.47. The number of hydrogen-bond donors (Lipinski definition) is 0. The van der Waals surface area contributed by atoms with Gasteiger partial charge in [0.15, 0.2) is 0 Å². The van der Waals surface area contributed by atoms with Crippen molar-refractivity contribution in [1.82, 2.24) is 44.6 Å². The molecule has 113 heavy (non-hydrogen) atoms. The number of alkyl halides is 3. The molecule has 10 aliphatic rings. The zero-order valence-electron chi connectivity index (χ0n) is 66.4. The Bertz CT molecular complexity index is 4760. The summed E-state index contributed by atoms with van der Waals surface area (Å²) in [7, 11) is 6.43. The minimum absolute atomic E-state index is 0.0246. The van der Waals surface area contributed by atoms with E-state index in [1.165, 1.54) is 107 Å². The smallest absolute Gasteiger partial charge is 0.416 e. The molecule has 0 radical (unpaired) electrons. The minimum Gasteiger partial charge on any atom is -0.462 e. The number of likely N-dealkylation sites (N-methyl/N-ethyl adjacent to an activating group) is 3. The summed E-state index contributed by atoms with van der Waals surface area (Å²) in [5.74, 6) is 3.33. The number of benzene rings is 5. The van der Waals surface area contributed by atoms with E-state index < -0.39 is 17.8 Å². The van der Waals surface area contributed by atoms with E-state index >= 15 is 0 Å². The summed E-state index contributed by atoms with van der Waals surface area (Å²) >= 11 is 0. The number of likely N-dealkylation sites (tertiary alicyclic amines) is 3. The molecule has 7 fully saturated rings. The summed E-state index contributed by atoms with van der Waals surface area (Å²) in [6.45, 7) is 31.6. The summed E-state index contributed by atoms with van der Waals surface area (Å²) in [6.07, 6.45) is 14.1. The molecule has 5 aromatic carbocycles. The van der Waals surface area contributed by atoms with Gasteiger partial charge in [0.25, 0.3) is 0 Å². The van der Waals surface area contributed by atoms with Crippen molar-refractivity contribution in [2.45, 2.75) is 192 Å². The summed E-state index contributed by atoms with van der Waals surface area (Å²) in [6, 6.07) is 34.0. The molecule has 0 bridgehead atoms. The van der Waals surface area contributed by atoms with Crippen molar-refractivity contribution in [2.75, 3.05) is 128 Å². The number of halogens is 3. The van der Waals surface area contributed by atoms with Gasteiger partial charge in [-0.3, -0.25) is 0 Å². The Morgan fingerprint density at radius 2 is 0.823 bits per heavy atom. The second-order valence-corrected chi connectivity index (χ2v) is 33.6. The van der Waals surface area contributed by atoms with Crippen molar-refractivity contribution in [3.63, 3.8) is 0 Å². The fourth-order valence-corrected chi connectivity index (χ4v) is 19.5. The monoisotopic (exact) mass is 1540 g/mol. The van der Waals surface area contributed by atoms with Crippen molar-refractivity contribution in [3.05, 3.63) is 187 Å². The molecule has 0 N–H and O–H groups in total. The van der Waals surface area contributed by atoms with Crippen LogP contribution in [0.25, 0.3) is 31.2 Å². The summed E-state index contributed by atoms with van der Waals surface area (Å²) < 4.78 is 79.0. The van der Waals surface area contributed by atoms with Gasteiger partial charge in [-0.05, 0) is 205 Å². The number of piperidine rings is 3. The topological polar surface area (TPSA) is 161 Å². The van der Waals surface area contributed by atoms with Crippen molar-refractivity contribution in [3.8, 4) is 18.0 Å². The van der Waals surface area contributed by atoms with E-state index in [9.17, 15) is 13.2 Å². The highest BCUT2D eigenvalue weighted by molar-refractivity contribution is 5.90. The Kier molecular flexibility index (Phi) is 24.0. The van der Waals surface area contributed by atoms with Crippen LogP contribution in [-0.2, 0) is 59.5 Å². The van der Waals surface area contributed by atoms with E-state index in [4.69, 9.17) is 66.5 Å². The fourth-order valence-electron chi connectivity index (χ4n) is 19.5. The molecule has 0 amide bonds. The van der Waals surface area contributed by atoms with Crippen molar-refractivity contribution >= 4 is 39.0 Å². The largest absolute Gasteiger partial charge is 0.462 e. The highest BCUT2D eigenvalue weighted by Crippen LogP contribution is 2.51. The Hall–Kier alpha value is -8.81. The number of anilines is 3. The molecule has 8 atom stereocenters. The van der Waals surface area contributed by atoms with Crippen LogP contribution >= 0.6 is 0 Å². The third-order valence-electron chi connectivity index (χ3n) is 26.3. The predicted octanol–water partition coefficient (Wildman–Crippen LogP) is 16.3. The number of rotatable bonds is 17. The highest BCUT2D eigenvalue weighted by Gasteiger charge is 2.43. The van der Waals surface area contributed by atoms with Crippen LogP contribution in [0.5, 0.6) is 18.0 Å². The number of hydrogen-bond acceptors (Lipinski definition) is 18. The molecule has 20 nitrogen and oxygen atoms in total. The lowest BCUT2D eigenvalue weighted by Gasteiger charge is -2.48. The predicted molar refractivity (Wildman–Crippen MR) is 433 cm³/mol. The number of aryl methyl sites for hydroxylation is 2. The maximum absolute atomic E-state index is 13.7. The average Bonchev–Trinajstić information content (AvgIpc) is 1.77. The van der Waals surface area contributed by atoms with Gasteiger partial charge in [0.2, 0.25) is 13.1 Å².